The standard InChI is InChI=1S/C13H15ClN2O3/c1-3-5-13(4-2)9-6-8(16(18)19)7-10(14)11(9)15-12(13)17/h6-7H,3-5H2,1-2H3,(H,15,17). The molecule has 0 aliphatic carbocycles. The number of anilines is 1. The molecule has 0 bridgehead atoms. The SMILES string of the molecule is CCCC1(CC)C(=O)Nc2c(Cl)cc([N+](=O)[O-])cc21. The fraction of sp³-hybridized carbons (Fsp3) is 0.462. The number of halogens is 1. The summed E-state index contributed by atoms with van der Waals surface area (Å²) >= 11 is 6.05. The van der Waals surface area contributed by atoms with Crippen LogP contribution in [0.5, 0.6) is 0 Å². The molecule has 1 unspecified atom stereocenters. The molecule has 1 N–H and O–H groups in total. The lowest BCUT2D eigenvalue weighted by atomic mass is 9.75. The monoisotopic (exact) mass is 282 g/mol. The first-order valence-corrected chi connectivity index (χ1v) is 6.64. The molecule has 1 aliphatic rings. The Balaban J connectivity index is 2.67. The highest BCUT2D eigenvalue weighted by molar-refractivity contribution is 6.35. The van der Waals surface area contributed by atoms with E-state index in [-0.39, 0.29) is 16.6 Å². The molecular weight excluding hydrogens is 268 g/mol. The van der Waals surface area contributed by atoms with Gasteiger partial charge in [-0.2, -0.15) is 0 Å². The van der Waals surface area contributed by atoms with E-state index >= 15 is 0 Å². The van der Waals surface area contributed by atoms with Crippen molar-refractivity contribution in [2.75, 3.05) is 5.32 Å². The minimum atomic E-state index is -0.695. The van der Waals surface area contributed by atoms with E-state index in [1.54, 1.807) is 0 Å². The predicted octanol–water partition coefficient (Wildman–Crippen LogP) is 3.65. The third-order valence-corrected chi connectivity index (χ3v) is 4.05. The maximum atomic E-state index is 12.3. The van der Waals surface area contributed by atoms with Crippen molar-refractivity contribution in [3.05, 3.63) is 32.8 Å². The van der Waals surface area contributed by atoms with Crippen LogP contribution in [-0.4, -0.2) is 10.8 Å². The van der Waals surface area contributed by atoms with Gasteiger partial charge in [-0.1, -0.05) is 31.9 Å². The average molecular weight is 283 g/mol. The van der Waals surface area contributed by atoms with Gasteiger partial charge in [-0.25, -0.2) is 0 Å². The number of non-ortho nitro benzene ring substituents is 1. The largest absolute Gasteiger partial charge is 0.324 e. The van der Waals surface area contributed by atoms with Crippen molar-refractivity contribution in [2.24, 2.45) is 0 Å². The number of amides is 1. The molecule has 2 rings (SSSR count). The van der Waals surface area contributed by atoms with Gasteiger partial charge in [0, 0.05) is 12.1 Å². The molecule has 1 amide bonds. The van der Waals surface area contributed by atoms with Gasteiger partial charge in [-0.15, -0.1) is 0 Å². The second kappa shape index (κ2) is 4.81. The Morgan fingerprint density at radius 1 is 1.42 bits per heavy atom. The van der Waals surface area contributed by atoms with Crippen LogP contribution in [0, 0.1) is 10.1 Å². The number of fused-ring (bicyclic) bond motifs is 1. The molecule has 19 heavy (non-hydrogen) atoms. The van der Waals surface area contributed by atoms with Gasteiger partial charge < -0.3 is 5.32 Å². The number of benzene rings is 1. The number of hydrogen-bond donors (Lipinski definition) is 1. The highest BCUT2D eigenvalue weighted by Crippen LogP contribution is 2.47. The maximum absolute atomic E-state index is 12.3. The lowest BCUT2D eigenvalue weighted by Gasteiger charge is -2.25. The first-order chi connectivity index (χ1) is 8.96. The lowest BCUT2D eigenvalue weighted by Crippen LogP contribution is -2.33. The Morgan fingerprint density at radius 3 is 2.63 bits per heavy atom. The van der Waals surface area contributed by atoms with Crippen LogP contribution in [-0.2, 0) is 10.2 Å². The molecule has 102 valence electrons. The van der Waals surface area contributed by atoms with Gasteiger partial charge in [0.2, 0.25) is 5.91 Å². The van der Waals surface area contributed by atoms with Crippen LogP contribution in [0.3, 0.4) is 0 Å². The Morgan fingerprint density at radius 2 is 2.11 bits per heavy atom. The minimum Gasteiger partial charge on any atom is -0.324 e. The summed E-state index contributed by atoms with van der Waals surface area (Å²) in [5, 5.41) is 13.9. The second-order valence-corrected chi connectivity index (χ2v) is 5.15. The van der Waals surface area contributed by atoms with E-state index in [1.807, 2.05) is 13.8 Å². The third kappa shape index (κ3) is 1.98. The fourth-order valence-corrected chi connectivity index (χ4v) is 3.02. The van der Waals surface area contributed by atoms with Crippen molar-refractivity contribution >= 4 is 28.9 Å². The molecule has 0 aromatic heterocycles. The maximum Gasteiger partial charge on any atom is 0.271 e. The van der Waals surface area contributed by atoms with Crippen molar-refractivity contribution in [2.45, 2.75) is 38.5 Å². The summed E-state index contributed by atoms with van der Waals surface area (Å²) in [4.78, 5) is 22.7. The van der Waals surface area contributed by atoms with Gasteiger partial charge >= 0.3 is 0 Å². The number of nitro benzene ring substituents is 1. The van der Waals surface area contributed by atoms with Crippen LogP contribution >= 0.6 is 11.6 Å². The summed E-state index contributed by atoms with van der Waals surface area (Å²) in [6, 6.07) is 2.75. The van der Waals surface area contributed by atoms with Crippen molar-refractivity contribution < 1.29 is 9.72 Å². The number of nitrogens with zero attached hydrogens (tertiary/aromatic N) is 1. The summed E-state index contributed by atoms with van der Waals surface area (Å²) in [6.07, 6.45) is 2.07. The van der Waals surface area contributed by atoms with Crippen LogP contribution in [0.25, 0.3) is 0 Å². The van der Waals surface area contributed by atoms with Gasteiger partial charge in [0.1, 0.15) is 0 Å². The van der Waals surface area contributed by atoms with Crippen LogP contribution < -0.4 is 5.32 Å². The summed E-state index contributed by atoms with van der Waals surface area (Å²) < 4.78 is 0. The number of carbonyl (C=O) groups excluding carboxylic acids is 1. The minimum absolute atomic E-state index is 0.0748. The van der Waals surface area contributed by atoms with E-state index in [0.717, 1.165) is 6.42 Å². The number of hydrogen-bond acceptors (Lipinski definition) is 3. The van der Waals surface area contributed by atoms with Crippen molar-refractivity contribution in [1.29, 1.82) is 0 Å². The summed E-state index contributed by atoms with van der Waals surface area (Å²) in [5.74, 6) is -0.116. The zero-order valence-corrected chi connectivity index (χ0v) is 11.6. The van der Waals surface area contributed by atoms with Gasteiger partial charge in [0.25, 0.3) is 5.69 Å². The molecule has 1 aromatic rings. The smallest absolute Gasteiger partial charge is 0.271 e. The van der Waals surface area contributed by atoms with E-state index in [1.165, 1.54) is 12.1 Å². The fourth-order valence-electron chi connectivity index (χ4n) is 2.76. The second-order valence-electron chi connectivity index (χ2n) is 4.75. The average Bonchev–Trinajstić information content (AvgIpc) is 2.64. The molecule has 1 heterocycles. The topological polar surface area (TPSA) is 72.2 Å². The van der Waals surface area contributed by atoms with Gasteiger partial charge in [-0.3, -0.25) is 14.9 Å². The summed E-state index contributed by atoms with van der Waals surface area (Å²) in [6.45, 7) is 3.90. The number of carbonyl (C=O) groups is 1. The molecule has 1 aromatic carbocycles. The van der Waals surface area contributed by atoms with E-state index in [2.05, 4.69) is 5.32 Å². The first kappa shape index (κ1) is 13.8. The quantitative estimate of drug-likeness (QED) is 0.677. The van der Waals surface area contributed by atoms with Crippen molar-refractivity contribution in [3.63, 3.8) is 0 Å². The van der Waals surface area contributed by atoms with Crippen LogP contribution in [0.15, 0.2) is 12.1 Å². The van der Waals surface area contributed by atoms with Crippen LogP contribution in [0.2, 0.25) is 5.02 Å². The van der Waals surface area contributed by atoms with Crippen molar-refractivity contribution in [1.82, 2.24) is 0 Å². The highest BCUT2D eigenvalue weighted by atomic mass is 35.5. The Labute approximate surface area is 116 Å². The molecule has 0 spiro atoms. The van der Waals surface area contributed by atoms with E-state index in [0.29, 0.717) is 24.1 Å². The molecule has 0 saturated heterocycles. The van der Waals surface area contributed by atoms with Gasteiger partial charge in [-0.05, 0) is 18.4 Å². The van der Waals surface area contributed by atoms with E-state index in [4.69, 9.17) is 11.6 Å². The summed E-state index contributed by atoms with van der Waals surface area (Å²) in [7, 11) is 0. The Hall–Kier alpha value is -1.62. The van der Waals surface area contributed by atoms with Crippen LogP contribution in [0.1, 0.15) is 38.7 Å². The van der Waals surface area contributed by atoms with Gasteiger partial charge in [0.15, 0.2) is 0 Å². The molecule has 0 saturated carbocycles. The zero-order chi connectivity index (χ0) is 14.2. The molecule has 6 heteroatoms. The Bertz CT molecular complexity index is 559. The predicted molar refractivity (Wildman–Crippen MR) is 73.6 cm³/mol. The third-order valence-electron chi connectivity index (χ3n) is 3.75. The van der Waals surface area contributed by atoms with Crippen LogP contribution in [0.4, 0.5) is 11.4 Å². The Kier molecular flexibility index (Phi) is 3.49. The molecule has 1 aliphatic heterocycles. The molecular formula is C13H15ClN2O3. The zero-order valence-electron chi connectivity index (χ0n) is 10.8. The highest BCUT2D eigenvalue weighted by Gasteiger charge is 2.46. The summed E-state index contributed by atoms with van der Waals surface area (Å²) in [5.41, 5.74) is 0.405. The molecule has 1 atom stereocenters. The number of rotatable bonds is 4. The normalized spacial score (nSPS) is 21.1. The lowest BCUT2D eigenvalue weighted by molar-refractivity contribution is -0.384. The first-order valence-electron chi connectivity index (χ1n) is 6.26. The van der Waals surface area contributed by atoms with Crippen molar-refractivity contribution in [3.8, 4) is 0 Å². The molecule has 0 fully saturated rings. The van der Waals surface area contributed by atoms with E-state index < -0.39 is 10.3 Å². The van der Waals surface area contributed by atoms with E-state index in [9.17, 15) is 14.9 Å². The van der Waals surface area contributed by atoms with Gasteiger partial charge in [0.05, 0.1) is 21.0 Å². The molecule has 5 nitrogen and oxygen atoms in total. The molecule has 0 radical (unpaired) electrons. The number of nitro groups is 1. The number of nitrogens with one attached hydrogen (secondary N) is 1.